The zero-order chi connectivity index (χ0) is 27.5. The molecule has 0 spiro atoms. The van der Waals surface area contributed by atoms with Gasteiger partial charge in [0.1, 0.15) is 11.8 Å². The molecule has 0 heterocycles. The van der Waals surface area contributed by atoms with Crippen LogP contribution in [0.15, 0.2) is 0 Å². The molecule has 0 saturated carbocycles. The number of rotatable bonds is 21. The van der Waals surface area contributed by atoms with Gasteiger partial charge in [0.15, 0.2) is 0 Å². The fraction of sp³-hybridized carbons (Fsp3) is 0.933. The molecule has 0 N–H and O–H groups in total. The van der Waals surface area contributed by atoms with Crippen LogP contribution >= 0.6 is 0 Å². The van der Waals surface area contributed by atoms with Gasteiger partial charge in [-0.25, -0.2) is 0 Å². The highest BCUT2D eigenvalue weighted by Crippen LogP contribution is 2.31. The van der Waals surface area contributed by atoms with Gasteiger partial charge in [-0.1, -0.05) is 116 Å². The summed E-state index contributed by atoms with van der Waals surface area (Å²) in [5.74, 6) is 5.39. The Hall–Kier alpha value is -0.770. The molecule has 0 aliphatic rings. The summed E-state index contributed by atoms with van der Waals surface area (Å²) >= 11 is 0. The van der Waals surface area contributed by atoms with Crippen LogP contribution in [-0.4, -0.2) is 29.8 Å². The van der Waals surface area contributed by atoms with E-state index in [1.807, 2.05) is 0 Å². The highest BCUT2D eigenvalue weighted by atomic mass is 19.4. The Morgan fingerprint density at radius 3 is 1.72 bits per heavy atom. The van der Waals surface area contributed by atoms with Crippen LogP contribution in [0.25, 0.3) is 0 Å². The Bertz CT molecular complexity index is 588. The lowest BCUT2D eigenvalue weighted by atomic mass is 9.89. The Morgan fingerprint density at radius 2 is 1.22 bits per heavy atom. The first kappa shape index (κ1) is 35.2. The van der Waals surface area contributed by atoms with E-state index in [0.717, 1.165) is 38.5 Å². The summed E-state index contributed by atoms with van der Waals surface area (Å²) in [4.78, 5) is 5.39. The second-order valence-corrected chi connectivity index (χ2v) is 11.8. The van der Waals surface area contributed by atoms with Crippen LogP contribution in [0.2, 0.25) is 0 Å². The minimum Gasteiger partial charge on any atom is -0.361 e. The summed E-state index contributed by atoms with van der Waals surface area (Å²) in [5.41, 5.74) is -0.895. The Kier molecular flexibility index (Phi) is 18.9. The molecule has 0 fully saturated rings. The number of nitrogens with zero attached hydrogens (tertiary/aromatic N) is 1. The third-order valence-electron chi connectivity index (χ3n) is 6.20. The second-order valence-electron chi connectivity index (χ2n) is 11.8. The number of hydroxylamine groups is 2. The Labute approximate surface area is 221 Å². The van der Waals surface area contributed by atoms with Crippen molar-refractivity contribution >= 4 is 0 Å². The minimum absolute atomic E-state index is 0.103. The molecule has 0 aliphatic carbocycles. The molecule has 3 nitrogen and oxygen atoms in total. The molecule has 0 aromatic carbocycles. The van der Waals surface area contributed by atoms with Gasteiger partial charge in [0.25, 0.3) is 0 Å². The summed E-state index contributed by atoms with van der Waals surface area (Å²) < 4.78 is 47.8. The lowest BCUT2D eigenvalue weighted by molar-refractivity contribution is -0.433. The van der Waals surface area contributed by atoms with Crippen molar-refractivity contribution in [2.45, 2.75) is 169 Å². The zero-order valence-electron chi connectivity index (χ0n) is 24.5. The normalized spacial score (nSPS) is 13.6. The van der Waals surface area contributed by atoms with Crippen LogP contribution < -0.4 is 0 Å². The van der Waals surface area contributed by atoms with E-state index in [1.165, 1.54) is 51.4 Å². The summed E-state index contributed by atoms with van der Waals surface area (Å²) in [5, 5.41) is 0.103. The highest BCUT2D eigenvalue weighted by Gasteiger charge is 2.46. The van der Waals surface area contributed by atoms with Crippen molar-refractivity contribution in [3.05, 3.63) is 0 Å². The monoisotopic (exact) mass is 519 g/mol. The predicted octanol–water partition coefficient (Wildman–Crippen LogP) is 10.2. The van der Waals surface area contributed by atoms with E-state index in [9.17, 15) is 13.2 Å². The molecule has 0 saturated heterocycles. The molecule has 0 radical (unpaired) electrons. The molecule has 0 rings (SSSR count). The SMILES string of the molecule is CC#CC(C)(C)ON(C(CCCCCCCCC(C)(C)C)OCCCCCCCCCC)C(F)(F)F. The van der Waals surface area contributed by atoms with E-state index < -0.39 is 18.1 Å². The first-order chi connectivity index (χ1) is 16.8. The quantitative estimate of drug-likeness (QED) is 0.0495. The largest absolute Gasteiger partial charge is 0.485 e. The molecule has 0 aromatic heterocycles. The lowest BCUT2D eigenvalue weighted by Gasteiger charge is -2.36. The molecule has 0 aromatic rings. The van der Waals surface area contributed by atoms with Crippen LogP contribution in [0, 0.1) is 17.3 Å². The van der Waals surface area contributed by atoms with Gasteiger partial charge in [-0.05, 0) is 51.9 Å². The van der Waals surface area contributed by atoms with Crippen molar-refractivity contribution in [2.75, 3.05) is 6.61 Å². The standard InChI is InChI=1S/C30H56F3NO2/c1-8-10-11-12-13-16-19-22-26-35-27(23-20-17-14-15-18-21-25-28(3,4)5)34(30(31,32)33)36-29(6,7)24-9-2/h27H,8,10-23,25-26H2,1-7H3. The van der Waals surface area contributed by atoms with Gasteiger partial charge < -0.3 is 4.74 Å². The van der Waals surface area contributed by atoms with E-state index in [-0.39, 0.29) is 11.5 Å². The number of halogens is 3. The van der Waals surface area contributed by atoms with Gasteiger partial charge in [0.2, 0.25) is 0 Å². The first-order valence-corrected chi connectivity index (χ1v) is 14.4. The van der Waals surface area contributed by atoms with Gasteiger partial charge in [-0.2, -0.15) is 13.2 Å². The van der Waals surface area contributed by atoms with E-state index >= 15 is 0 Å². The maximum Gasteiger partial charge on any atom is 0.485 e. The summed E-state index contributed by atoms with van der Waals surface area (Å²) in [6.07, 6.45) is 10.8. The average Bonchev–Trinajstić information content (AvgIpc) is 2.75. The van der Waals surface area contributed by atoms with Gasteiger partial charge in [-0.15, -0.1) is 5.92 Å². The van der Waals surface area contributed by atoms with Gasteiger partial charge in [0, 0.05) is 6.61 Å². The van der Waals surface area contributed by atoms with Crippen LogP contribution in [0.4, 0.5) is 13.2 Å². The molecule has 36 heavy (non-hydrogen) atoms. The lowest BCUT2D eigenvalue weighted by Crippen LogP contribution is -2.51. The van der Waals surface area contributed by atoms with E-state index in [2.05, 4.69) is 39.5 Å². The van der Waals surface area contributed by atoms with Gasteiger partial charge >= 0.3 is 6.30 Å². The topological polar surface area (TPSA) is 21.7 Å². The smallest absolute Gasteiger partial charge is 0.361 e. The molecule has 214 valence electrons. The molecule has 6 heteroatoms. The van der Waals surface area contributed by atoms with Gasteiger partial charge in [-0.3, -0.25) is 4.84 Å². The fourth-order valence-electron chi connectivity index (χ4n) is 4.25. The molecule has 1 atom stereocenters. The number of hydrogen-bond acceptors (Lipinski definition) is 3. The highest BCUT2D eigenvalue weighted by molar-refractivity contribution is 5.08. The molecule has 1 unspecified atom stereocenters. The van der Waals surface area contributed by atoms with Crippen LogP contribution in [-0.2, 0) is 9.57 Å². The van der Waals surface area contributed by atoms with Crippen molar-refractivity contribution in [2.24, 2.45) is 5.41 Å². The van der Waals surface area contributed by atoms with Crippen molar-refractivity contribution in [1.29, 1.82) is 0 Å². The Morgan fingerprint density at radius 1 is 0.722 bits per heavy atom. The van der Waals surface area contributed by atoms with Crippen molar-refractivity contribution in [1.82, 2.24) is 5.06 Å². The number of ether oxygens (including phenoxy) is 1. The minimum atomic E-state index is -4.66. The molecule has 0 aliphatic heterocycles. The third kappa shape index (κ3) is 20.3. The number of hydrogen-bond donors (Lipinski definition) is 0. The maximum atomic E-state index is 14.0. The van der Waals surface area contributed by atoms with Crippen molar-refractivity contribution in [3.63, 3.8) is 0 Å². The van der Waals surface area contributed by atoms with E-state index in [4.69, 9.17) is 9.57 Å². The summed E-state index contributed by atoms with van der Waals surface area (Å²) in [7, 11) is 0. The summed E-state index contributed by atoms with van der Waals surface area (Å²) in [6, 6.07) is 0. The molecular weight excluding hydrogens is 463 g/mol. The van der Waals surface area contributed by atoms with Crippen LogP contribution in [0.1, 0.15) is 151 Å². The van der Waals surface area contributed by atoms with E-state index in [1.54, 1.807) is 20.8 Å². The van der Waals surface area contributed by atoms with Crippen molar-refractivity contribution in [3.8, 4) is 11.8 Å². The molecule has 0 amide bonds. The fourth-order valence-corrected chi connectivity index (χ4v) is 4.25. The number of unbranched alkanes of at least 4 members (excludes halogenated alkanes) is 12. The number of alkyl halides is 3. The second kappa shape index (κ2) is 19.3. The van der Waals surface area contributed by atoms with Crippen molar-refractivity contribution < 1.29 is 22.7 Å². The van der Waals surface area contributed by atoms with Crippen LogP contribution in [0.5, 0.6) is 0 Å². The third-order valence-corrected chi connectivity index (χ3v) is 6.20. The molecular formula is C30H56F3NO2. The summed E-state index contributed by atoms with van der Waals surface area (Å²) in [6.45, 7) is 14.0. The first-order valence-electron chi connectivity index (χ1n) is 14.4. The molecule has 0 bridgehead atoms. The predicted molar refractivity (Wildman–Crippen MR) is 145 cm³/mol. The average molecular weight is 520 g/mol. The maximum absolute atomic E-state index is 14.0. The van der Waals surface area contributed by atoms with E-state index in [0.29, 0.717) is 18.4 Å². The van der Waals surface area contributed by atoms with Crippen LogP contribution in [0.3, 0.4) is 0 Å². The Balaban J connectivity index is 4.77. The zero-order valence-corrected chi connectivity index (χ0v) is 24.5. The van der Waals surface area contributed by atoms with Gasteiger partial charge in [0.05, 0.1) is 0 Å².